The van der Waals surface area contributed by atoms with Crippen molar-refractivity contribution in [2.24, 2.45) is 0 Å². The molecule has 0 bridgehead atoms. The van der Waals surface area contributed by atoms with Crippen molar-refractivity contribution in [1.29, 1.82) is 0 Å². The summed E-state index contributed by atoms with van der Waals surface area (Å²) in [7, 11) is 0. The normalized spacial score (nSPS) is 12.4. The van der Waals surface area contributed by atoms with E-state index >= 15 is 0 Å². The number of ether oxygens (including phenoxy) is 2. The lowest BCUT2D eigenvalue weighted by molar-refractivity contribution is -0.923. The Kier molecular flexibility index (Phi) is 15.7. The fraction of sp³-hybridized carbons (Fsp3) is 0.435. The highest BCUT2D eigenvalue weighted by Crippen LogP contribution is 2.38. The van der Waals surface area contributed by atoms with Gasteiger partial charge in [0, 0.05) is 0 Å². The molecule has 0 heterocycles. The Morgan fingerprint density at radius 2 is 0.680 bits per heavy atom. The largest absolute Gasteiger partial charge is 0.494 e. The minimum atomic E-state index is 0.748. The molecule has 4 aromatic carbocycles. The molecule has 0 saturated heterocycles. The van der Waals surface area contributed by atoms with Crippen LogP contribution in [0.25, 0.3) is 11.1 Å². The van der Waals surface area contributed by atoms with Crippen LogP contribution in [-0.4, -0.2) is 74.5 Å². The minimum absolute atomic E-state index is 0.748. The summed E-state index contributed by atoms with van der Waals surface area (Å²) in [6.07, 6.45) is 4.53. The first-order valence-corrected chi connectivity index (χ1v) is 19.5. The van der Waals surface area contributed by atoms with Gasteiger partial charge in [-0.3, -0.25) is 0 Å². The maximum atomic E-state index is 6.25. The average molecular weight is 677 g/mol. The van der Waals surface area contributed by atoms with Gasteiger partial charge in [0.15, 0.2) is 0 Å². The standard InChI is InChI=1S/C46H64N2O2/c1-7-47(8-2,9-3)35-19-21-37-49-43-31-27-41(28-32-43)45(39-23-15-13-16-24-39)46(40-25-17-14-18-26-40)42-29-33-44(34-30-42)50-38-22-20-36-48(10-4,11-5)12-6/h13-18,23-34H,7-12,19-22,35-38H2,1-6H3/q+2. The summed E-state index contributed by atoms with van der Waals surface area (Å²) in [5.74, 6) is 1.85. The van der Waals surface area contributed by atoms with E-state index in [-0.39, 0.29) is 0 Å². The lowest BCUT2D eigenvalue weighted by Gasteiger charge is -2.35. The summed E-state index contributed by atoms with van der Waals surface area (Å²) < 4.78 is 14.9. The van der Waals surface area contributed by atoms with E-state index in [0.29, 0.717) is 0 Å². The van der Waals surface area contributed by atoms with Gasteiger partial charge in [0.05, 0.1) is 65.6 Å². The first-order valence-electron chi connectivity index (χ1n) is 19.5. The molecule has 0 unspecified atom stereocenters. The van der Waals surface area contributed by atoms with Crippen LogP contribution in [0.4, 0.5) is 0 Å². The maximum absolute atomic E-state index is 6.25. The molecule has 0 saturated carbocycles. The van der Waals surface area contributed by atoms with Crippen molar-refractivity contribution >= 4 is 11.1 Å². The number of hydrogen-bond donors (Lipinski definition) is 0. The number of unbranched alkanes of at least 4 members (excludes halogenated alkanes) is 2. The third-order valence-electron chi connectivity index (χ3n) is 11.3. The van der Waals surface area contributed by atoms with E-state index in [0.717, 1.165) is 37.6 Å². The zero-order chi connectivity index (χ0) is 35.7. The molecule has 0 N–H and O–H groups in total. The number of rotatable bonds is 22. The average Bonchev–Trinajstić information content (AvgIpc) is 3.18. The Hall–Kier alpha value is -3.86. The molecule has 0 fully saturated rings. The molecular formula is C46H64N2O2+2. The Balaban J connectivity index is 1.54. The number of quaternary nitrogens is 2. The lowest BCUT2D eigenvalue weighted by Crippen LogP contribution is -2.48. The first kappa shape index (κ1) is 38.9. The molecule has 0 atom stereocenters. The molecule has 4 rings (SSSR count). The molecule has 0 aliphatic rings. The van der Waals surface area contributed by atoms with Crippen LogP contribution in [0.5, 0.6) is 11.5 Å². The van der Waals surface area contributed by atoms with E-state index in [1.807, 2.05) is 0 Å². The monoisotopic (exact) mass is 676 g/mol. The van der Waals surface area contributed by atoms with Crippen molar-refractivity contribution in [1.82, 2.24) is 0 Å². The summed E-state index contributed by atoms with van der Waals surface area (Å²) in [6, 6.07) is 38.9. The van der Waals surface area contributed by atoms with Gasteiger partial charge >= 0.3 is 0 Å². The van der Waals surface area contributed by atoms with Crippen molar-refractivity contribution in [3.63, 3.8) is 0 Å². The summed E-state index contributed by atoms with van der Waals surface area (Å²) in [5.41, 5.74) is 7.11. The van der Waals surface area contributed by atoms with E-state index in [1.165, 1.54) is 108 Å². The Labute approximate surface area is 304 Å². The van der Waals surface area contributed by atoms with E-state index < -0.39 is 0 Å². The number of hydrogen-bond acceptors (Lipinski definition) is 2. The molecule has 268 valence electrons. The summed E-state index contributed by atoms with van der Waals surface area (Å²) in [4.78, 5) is 0. The molecule has 0 aliphatic heterocycles. The first-order chi connectivity index (χ1) is 24.5. The van der Waals surface area contributed by atoms with Crippen molar-refractivity contribution in [2.45, 2.75) is 67.2 Å². The molecule has 0 aliphatic carbocycles. The van der Waals surface area contributed by atoms with Crippen LogP contribution in [0.15, 0.2) is 109 Å². The van der Waals surface area contributed by atoms with Gasteiger partial charge in [-0.1, -0.05) is 84.9 Å². The van der Waals surface area contributed by atoms with Crippen molar-refractivity contribution in [3.8, 4) is 11.5 Å². The number of nitrogens with zero attached hydrogens (tertiary/aromatic N) is 2. The highest BCUT2D eigenvalue weighted by atomic mass is 16.5. The van der Waals surface area contributed by atoms with E-state index in [2.05, 4.69) is 151 Å². The lowest BCUT2D eigenvalue weighted by atomic mass is 9.86. The number of benzene rings is 4. The molecule has 4 nitrogen and oxygen atoms in total. The van der Waals surface area contributed by atoms with Crippen LogP contribution < -0.4 is 9.47 Å². The summed E-state index contributed by atoms with van der Waals surface area (Å²) in [6.45, 7) is 25.0. The van der Waals surface area contributed by atoms with Crippen LogP contribution in [0.1, 0.15) is 89.5 Å². The van der Waals surface area contributed by atoms with Gasteiger partial charge in [-0.15, -0.1) is 0 Å². The topological polar surface area (TPSA) is 18.5 Å². The second-order valence-electron chi connectivity index (χ2n) is 13.7. The molecule has 50 heavy (non-hydrogen) atoms. The second kappa shape index (κ2) is 20.1. The van der Waals surface area contributed by atoms with E-state index in [1.54, 1.807) is 0 Å². The Morgan fingerprint density at radius 1 is 0.380 bits per heavy atom. The van der Waals surface area contributed by atoms with Crippen LogP contribution in [0, 0.1) is 0 Å². The zero-order valence-electron chi connectivity index (χ0n) is 32.0. The Morgan fingerprint density at radius 3 is 0.980 bits per heavy atom. The quantitative estimate of drug-likeness (QED) is 0.0469. The minimum Gasteiger partial charge on any atom is -0.494 e. The van der Waals surface area contributed by atoms with Gasteiger partial charge in [-0.05, 0) is 125 Å². The van der Waals surface area contributed by atoms with Crippen LogP contribution in [-0.2, 0) is 0 Å². The fourth-order valence-corrected chi connectivity index (χ4v) is 7.32. The predicted octanol–water partition coefficient (Wildman–Crippen LogP) is 10.8. The van der Waals surface area contributed by atoms with Gasteiger partial charge in [0.2, 0.25) is 0 Å². The predicted molar refractivity (Wildman–Crippen MR) is 214 cm³/mol. The molecule has 0 spiro atoms. The molecule has 0 aromatic heterocycles. The van der Waals surface area contributed by atoms with Crippen LogP contribution >= 0.6 is 0 Å². The third kappa shape index (κ3) is 10.6. The van der Waals surface area contributed by atoms with Crippen LogP contribution in [0.3, 0.4) is 0 Å². The van der Waals surface area contributed by atoms with Crippen molar-refractivity contribution in [2.75, 3.05) is 65.6 Å². The Bertz CT molecular complexity index is 1400. The van der Waals surface area contributed by atoms with Gasteiger partial charge in [0.25, 0.3) is 0 Å². The van der Waals surface area contributed by atoms with E-state index in [4.69, 9.17) is 9.47 Å². The summed E-state index contributed by atoms with van der Waals surface area (Å²) in [5, 5.41) is 0. The molecule has 0 radical (unpaired) electrons. The molecular weight excluding hydrogens is 613 g/mol. The van der Waals surface area contributed by atoms with Crippen molar-refractivity contribution < 1.29 is 18.4 Å². The van der Waals surface area contributed by atoms with Gasteiger partial charge < -0.3 is 18.4 Å². The second-order valence-corrected chi connectivity index (χ2v) is 13.7. The highest BCUT2D eigenvalue weighted by Gasteiger charge is 2.21. The van der Waals surface area contributed by atoms with E-state index in [9.17, 15) is 0 Å². The van der Waals surface area contributed by atoms with Crippen LogP contribution in [0.2, 0.25) is 0 Å². The van der Waals surface area contributed by atoms with Crippen molar-refractivity contribution in [3.05, 3.63) is 131 Å². The third-order valence-corrected chi connectivity index (χ3v) is 11.3. The fourth-order valence-electron chi connectivity index (χ4n) is 7.32. The molecule has 0 amide bonds. The van der Waals surface area contributed by atoms with Gasteiger partial charge in [0.1, 0.15) is 11.5 Å². The highest BCUT2D eigenvalue weighted by molar-refractivity contribution is 6.04. The maximum Gasteiger partial charge on any atom is 0.119 e. The zero-order valence-corrected chi connectivity index (χ0v) is 32.0. The SMILES string of the molecule is CC[N+](CC)(CC)CCCCOc1ccc(C(=C(c2ccccc2)c2ccc(OCCCC[N+](CC)(CC)CC)cc2)c2ccccc2)cc1. The molecule has 4 aromatic rings. The molecule has 4 heteroatoms. The smallest absolute Gasteiger partial charge is 0.119 e. The summed E-state index contributed by atoms with van der Waals surface area (Å²) >= 11 is 0. The van der Waals surface area contributed by atoms with Gasteiger partial charge in [-0.25, -0.2) is 0 Å². The van der Waals surface area contributed by atoms with Gasteiger partial charge in [-0.2, -0.15) is 0 Å².